The molecule has 0 saturated carbocycles. The minimum Gasteiger partial charge on any atom is -0.381 e. The highest BCUT2D eigenvalue weighted by Gasteiger charge is 2.24. The molecule has 0 radical (unpaired) electrons. The standard InChI is InChI=1S/C12H15F2NO/c13-9-3-4-10(11(14)6-9)12(15)8-2-1-5-16-7-8/h3-4,6,8,12H,1-2,5,7,15H2. The van der Waals surface area contributed by atoms with E-state index in [-0.39, 0.29) is 5.92 Å². The Kier molecular flexibility index (Phi) is 3.51. The van der Waals surface area contributed by atoms with Crippen LogP contribution in [0.4, 0.5) is 8.78 Å². The summed E-state index contributed by atoms with van der Waals surface area (Å²) in [6.45, 7) is 1.30. The third-order valence-electron chi connectivity index (χ3n) is 3.02. The van der Waals surface area contributed by atoms with Crippen molar-refractivity contribution in [3.8, 4) is 0 Å². The first kappa shape index (κ1) is 11.5. The summed E-state index contributed by atoms with van der Waals surface area (Å²) >= 11 is 0. The Morgan fingerprint density at radius 2 is 2.19 bits per heavy atom. The minimum atomic E-state index is -0.576. The summed E-state index contributed by atoms with van der Waals surface area (Å²) in [4.78, 5) is 0. The van der Waals surface area contributed by atoms with Crippen LogP contribution in [-0.4, -0.2) is 13.2 Å². The van der Waals surface area contributed by atoms with Crippen molar-refractivity contribution >= 4 is 0 Å². The lowest BCUT2D eigenvalue weighted by Gasteiger charge is -2.28. The van der Waals surface area contributed by atoms with Crippen LogP contribution in [0.15, 0.2) is 18.2 Å². The summed E-state index contributed by atoms with van der Waals surface area (Å²) in [5.41, 5.74) is 6.35. The van der Waals surface area contributed by atoms with Crippen molar-refractivity contribution in [2.24, 2.45) is 11.7 Å². The monoisotopic (exact) mass is 227 g/mol. The van der Waals surface area contributed by atoms with Gasteiger partial charge in [0.15, 0.2) is 0 Å². The van der Waals surface area contributed by atoms with E-state index in [1.807, 2.05) is 0 Å². The van der Waals surface area contributed by atoms with Gasteiger partial charge in [0.25, 0.3) is 0 Å². The summed E-state index contributed by atoms with van der Waals surface area (Å²) in [5, 5.41) is 0. The van der Waals surface area contributed by atoms with Crippen LogP contribution in [0, 0.1) is 17.6 Å². The number of ether oxygens (including phenoxy) is 1. The van der Waals surface area contributed by atoms with Gasteiger partial charge in [-0.25, -0.2) is 8.78 Å². The fourth-order valence-corrected chi connectivity index (χ4v) is 2.07. The van der Waals surface area contributed by atoms with Crippen LogP contribution in [0.1, 0.15) is 24.4 Å². The molecule has 1 fully saturated rings. The molecule has 0 spiro atoms. The molecule has 4 heteroatoms. The van der Waals surface area contributed by atoms with E-state index < -0.39 is 17.7 Å². The third-order valence-corrected chi connectivity index (χ3v) is 3.02. The lowest BCUT2D eigenvalue weighted by atomic mass is 9.89. The first-order chi connectivity index (χ1) is 7.68. The van der Waals surface area contributed by atoms with Crippen molar-refractivity contribution in [1.29, 1.82) is 0 Å². The lowest BCUT2D eigenvalue weighted by Crippen LogP contribution is -2.29. The van der Waals surface area contributed by atoms with Gasteiger partial charge in [-0.05, 0) is 18.9 Å². The van der Waals surface area contributed by atoms with Gasteiger partial charge in [-0.1, -0.05) is 6.07 Å². The zero-order valence-corrected chi connectivity index (χ0v) is 8.96. The highest BCUT2D eigenvalue weighted by molar-refractivity contribution is 5.22. The van der Waals surface area contributed by atoms with Gasteiger partial charge in [0, 0.05) is 30.2 Å². The molecular weight excluding hydrogens is 212 g/mol. The molecule has 88 valence electrons. The van der Waals surface area contributed by atoms with Gasteiger partial charge in [0.05, 0.1) is 6.61 Å². The molecule has 2 N–H and O–H groups in total. The van der Waals surface area contributed by atoms with Gasteiger partial charge in [-0.15, -0.1) is 0 Å². The Balaban J connectivity index is 2.15. The molecule has 0 aliphatic carbocycles. The number of halogens is 2. The van der Waals surface area contributed by atoms with Gasteiger partial charge in [-0.3, -0.25) is 0 Å². The van der Waals surface area contributed by atoms with Gasteiger partial charge in [0.2, 0.25) is 0 Å². The largest absolute Gasteiger partial charge is 0.381 e. The predicted molar refractivity (Wildman–Crippen MR) is 56.8 cm³/mol. The van der Waals surface area contributed by atoms with Crippen LogP contribution >= 0.6 is 0 Å². The molecule has 1 heterocycles. The second kappa shape index (κ2) is 4.89. The maximum atomic E-state index is 13.5. The molecule has 2 unspecified atom stereocenters. The summed E-state index contributed by atoms with van der Waals surface area (Å²) in [5.74, 6) is -1.03. The van der Waals surface area contributed by atoms with E-state index in [9.17, 15) is 8.78 Å². The zero-order chi connectivity index (χ0) is 11.5. The van der Waals surface area contributed by atoms with E-state index in [1.54, 1.807) is 0 Å². The average molecular weight is 227 g/mol. The molecule has 2 nitrogen and oxygen atoms in total. The third kappa shape index (κ3) is 2.39. The number of benzene rings is 1. The fourth-order valence-electron chi connectivity index (χ4n) is 2.07. The second-order valence-corrected chi connectivity index (χ2v) is 4.17. The van der Waals surface area contributed by atoms with Crippen LogP contribution in [0.3, 0.4) is 0 Å². The predicted octanol–water partition coefficient (Wildman–Crippen LogP) is 2.39. The van der Waals surface area contributed by atoms with Crippen LogP contribution in [0.25, 0.3) is 0 Å². The van der Waals surface area contributed by atoms with Crippen molar-refractivity contribution in [2.45, 2.75) is 18.9 Å². The Hall–Kier alpha value is -1.00. The van der Waals surface area contributed by atoms with Crippen molar-refractivity contribution in [3.05, 3.63) is 35.4 Å². The molecule has 2 atom stereocenters. The highest BCUT2D eigenvalue weighted by Crippen LogP contribution is 2.28. The van der Waals surface area contributed by atoms with Gasteiger partial charge in [0.1, 0.15) is 11.6 Å². The molecular formula is C12H15F2NO. The molecule has 1 aliphatic rings. The second-order valence-electron chi connectivity index (χ2n) is 4.17. The summed E-state index contributed by atoms with van der Waals surface area (Å²) in [6.07, 6.45) is 1.87. The van der Waals surface area contributed by atoms with Crippen molar-refractivity contribution in [3.63, 3.8) is 0 Å². The van der Waals surface area contributed by atoms with Crippen molar-refractivity contribution in [1.82, 2.24) is 0 Å². The molecule has 0 bridgehead atoms. The molecule has 1 aromatic carbocycles. The summed E-state index contributed by atoms with van der Waals surface area (Å²) < 4.78 is 31.6. The van der Waals surface area contributed by atoms with Crippen LogP contribution < -0.4 is 5.73 Å². The SMILES string of the molecule is NC(c1ccc(F)cc1F)C1CCCOC1. The topological polar surface area (TPSA) is 35.2 Å². The molecule has 16 heavy (non-hydrogen) atoms. The minimum absolute atomic E-state index is 0.119. The molecule has 0 aromatic heterocycles. The van der Waals surface area contributed by atoms with E-state index in [0.29, 0.717) is 12.2 Å². The average Bonchev–Trinajstić information content (AvgIpc) is 2.29. The molecule has 1 aromatic rings. The number of hydrogen-bond donors (Lipinski definition) is 1. The Morgan fingerprint density at radius 1 is 1.38 bits per heavy atom. The Morgan fingerprint density at radius 3 is 2.81 bits per heavy atom. The molecule has 1 aliphatic heterocycles. The van der Waals surface area contributed by atoms with Crippen molar-refractivity contribution in [2.75, 3.05) is 13.2 Å². The van der Waals surface area contributed by atoms with E-state index in [0.717, 1.165) is 25.5 Å². The van der Waals surface area contributed by atoms with Crippen LogP contribution in [-0.2, 0) is 4.74 Å². The lowest BCUT2D eigenvalue weighted by molar-refractivity contribution is 0.0443. The quantitative estimate of drug-likeness (QED) is 0.842. The zero-order valence-electron chi connectivity index (χ0n) is 8.96. The summed E-state index contributed by atoms with van der Waals surface area (Å²) in [6, 6.07) is 3.12. The van der Waals surface area contributed by atoms with Crippen LogP contribution in [0.5, 0.6) is 0 Å². The Labute approximate surface area is 93.4 Å². The fraction of sp³-hybridized carbons (Fsp3) is 0.500. The van der Waals surface area contributed by atoms with Crippen molar-refractivity contribution < 1.29 is 13.5 Å². The molecule has 1 saturated heterocycles. The number of nitrogens with two attached hydrogens (primary N) is 1. The number of rotatable bonds is 2. The summed E-state index contributed by atoms with van der Waals surface area (Å²) in [7, 11) is 0. The van der Waals surface area contributed by atoms with Crippen LogP contribution in [0.2, 0.25) is 0 Å². The number of hydrogen-bond acceptors (Lipinski definition) is 2. The Bertz CT molecular complexity index is 364. The van der Waals surface area contributed by atoms with E-state index in [2.05, 4.69) is 0 Å². The normalized spacial score (nSPS) is 23.1. The molecule has 0 amide bonds. The van der Waals surface area contributed by atoms with E-state index in [1.165, 1.54) is 12.1 Å². The first-order valence-corrected chi connectivity index (χ1v) is 5.47. The van der Waals surface area contributed by atoms with E-state index in [4.69, 9.17) is 10.5 Å². The maximum absolute atomic E-state index is 13.5. The first-order valence-electron chi connectivity index (χ1n) is 5.47. The molecule has 2 rings (SSSR count). The van der Waals surface area contributed by atoms with Gasteiger partial charge < -0.3 is 10.5 Å². The van der Waals surface area contributed by atoms with Gasteiger partial charge in [-0.2, -0.15) is 0 Å². The van der Waals surface area contributed by atoms with Gasteiger partial charge >= 0.3 is 0 Å². The maximum Gasteiger partial charge on any atom is 0.130 e. The van der Waals surface area contributed by atoms with E-state index >= 15 is 0 Å². The highest BCUT2D eigenvalue weighted by atomic mass is 19.1. The smallest absolute Gasteiger partial charge is 0.130 e.